The Morgan fingerprint density at radius 1 is 1.29 bits per heavy atom. The highest BCUT2D eigenvalue weighted by atomic mass is 35.5. The van der Waals surface area contributed by atoms with E-state index in [1.54, 1.807) is 6.92 Å². The molecule has 0 spiro atoms. The molecule has 0 saturated heterocycles. The number of esters is 1. The lowest BCUT2D eigenvalue weighted by Gasteiger charge is -2.47. The zero-order valence-electron chi connectivity index (χ0n) is 15.2. The molecule has 0 aliphatic heterocycles. The van der Waals surface area contributed by atoms with E-state index in [0.29, 0.717) is 0 Å². The minimum atomic E-state index is -4.57. The summed E-state index contributed by atoms with van der Waals surface area (Å²) in [6, 6.07) is 1.99. The zero-order valence-corrected chi connectivity index (χ0v) is 15.9. The number of carbonyl (C=O) groups excluding carboxylic acids is 1. The summed E-state index contributed by atoms with van der Waals surface area (Å²) in [6.45, 7) is 2.05. The molecule has 3 aliphatic rings. The molecule has 5 rings (SSSR count). The molecule has 6 nitrogen and oxygen atoms in total. The second-order valence-corrected chi connectivity index (χ2v) is 7.70. The molecule has 2 bridgehead atoms. The average Bonchev–Trinajstić information content (AvgIpc) is 3.07. The van der Waals surface area contributed by atoms with Crippen LogP contribution in [0.4, 0.5) is 19.0 Å². The van der Waals surface area contributed by atoms with Crippen LogP contribution in [-0.2, 0) is 15.7 Å². The van der Waals surface area contributed by atoms with Crippen LogP contribution in [0.15, 0.2) is 12.1 Å². The lowest BCUT2D eigenvalue weighted by Crippen LogP contribution is -2.52. The molecular weight excluding hydrogens is 397 g/mol. The van der Waals surface area contributed by atoms with E-state index in [1.807, 2.05) is 0 Å². The molecule has 3 saturated carbocycles. The smallest absolute Gasteiger partial charge is 0.433 e. The van der Waals surface area contributed by atoms with Crippen molar-refractivity contribution in [1.82, 2.24) is 14.6 Å². The summed E-state index contributed by atoms with van der Waals surface area (Å²) in [5, 5.41) is 6.63. The number of nitrogens with zero attached hydrogens (tertiary/aromatic N) is 3. The number of halogens is 4. The van der Waals surface area contributed by atoms with Gasteiger partial charge in [-0.25, -0.2) is 4.52 Å². The normalized spacial score (nSPS) is 27.2. The highest BCUT2D eigenvalue weighted by Crippen LogP contribution is 2.47. The van der Waals surface area contributed by atoms with E-state index in [-0.39, 0.29) is 53.0 Å². The van der Waals surface area contributed by atoms with Crippen LogP contribution in [0, 0.1) is 17.8 Å². The Hall–Kier alpha value is -2.03. The maximum Gasteiger partial charge on any atom is 0.433 e. The summed E-state index contributed by atoms with van der Waals surface area (Å²) in [7, 11) is 0. The monoisotopic (exact) mass is 416 g/mol. The van der Waals surface area contributed by atoms with Gasteiger partial charge in [-0.3, -0.25) is 4.79 Å². The average molecular weight is 417 g/mol. The molecule has 10 heteroatoms. The van der Waals surface area contributed by atoms with Gasteiger partial charge < -0.3 is 10.1 Å². The lowest BCUT2D eigenvalue weighted by atomic mass is 9.61. The summed E-state index contributed by atoms with van der Waals surface area (Å²) in [5.41, 5.74) is -0.761. The molecule has 28 heavy (non-hydrogen) atoms. The van der Waals surface area contributed by atoms with Gasteiger partial charge in [0, 0.05) is 6.04 Å². The molecule has 1 N–H and O–H groups in total. The van der Waals surface area contributed by atoms with Crippen molar-refractivity contribution in [3.8, 4) is 0 Å². The van der Waals surface area contributed by atoms with Gasteiger partial charge in [0.1, 0.15) is 11.2 Å². The van der Waals surface area contributed by atoms with E-state index >= 15 is 0 Å². The van der Waals surface area contributed by atoms with Crippen LogP contribution in [-0.4, -0.2) is 33.2 Å². The Bertz CT molecular complexity index is 893. The van der Waals surface area contributed by atoms with Crippen molar-refractivity contribution in [3.05, 3.63) is 23.1 Å². The molecule has 2 aromatic rings. The fraction of sp³-hybridized carbons (Fsp3) is 0.611. The molecule has 2 atom stereocenters. The van der Waals surface area contributed by atoms with Crippen molar-refractivity contribution in [2.75, 3.05) is 11.9 Å². The first kappa shape index (κ1) is 19.3. The fourth-order valence-corrected chi connectivity index (χ4v) is 4.84. The number of hydrogen-bond acceptors (Lipinski definition) is 5. The van der Waals surface area contributed by atoms with Crippen LogP contribution >= 0.6 is 11.6 Å². The number of hydrogen-bond donors (Lipinski definition) is 1. The topological polar surface area (TPSA) is 68.5 Å². The van der Waals surface area contributed by atoms with Gasteiger partial charge in [0.2, 0.25) is 5.28 Å². The zero-order chi connectivity index (χ0) is 20.1. The molecule has 2 heterocycles. The third-order valence-corrected chi connectivity index (χ3v) is 6.02. The van der Waals surface area contributed by atoms with E-state index in [2.05, 4.69) is 15.4 Å². The maximum atomic E-state index is 13.2. The van der Waals surface area contributed by atoms with Crippen LogP contribution < -0.4 is 5.32 Å². The van der Waals surface area contributed by atoms with Gasteiger partial charge in [0.25, 0.3) is 0 Å². The fourth-order valence-electron chi connectivity index (χ4n) is 4.68. The highest BCUT2D eigenvalue weighted by molar-refractivity contribution is 6.28. The second kappa shape index (κ2) is 7.09. The maximum absolute atomic E-state index is 13.2. The molecule has 2 aromatic heterocycles. The van der Waals surface area contributed by atoms with Gasteiger partial charge in [-0.05, 0) is 68.2 Å². The Morgan fingerprint density at radius 3 is 2.61 bits per heavy atom. The summed E-state index contributed by atoms with van der Waals surface area (Å²) in [4.78, 5) is 16.7. The third-order valence-electron chi connectivity index (χ3n) is 5.86. The van der Waals surface area contributed by atoms with Crippen LogP contribution in [0.2, 0.25) is 5.28 Å². The number of ether oxygens (including phenoxy) is 1. The van der Waals surface area contributed by atoms with Crippen molar-refractivity contribution >= 4 is 28.9 Å². The number of aromatic nitrogens is 3. The van der Waals surface area contributed by atoms with E-state index in [9.17, 15) is 18.0 Å². The van der Waals surface area contributed by atoms with E-state index in [0.717, 1.165) is 36.3 Å². The number of nitrogens with one attached hydrogen (secondary N) is 1. The Morgan fingerprint density at radius 2 is 1.96 bits per heavy atom. The van der Waals surface area contributed by atoms with E-state index in [4.69, 9.17) is 16.3 Å². The van der Waals surface area contributed by atoms with Crippen LogP contribution in [0.1, 0.15) is 38.3 Å². The number of fused-ring (bicyclic) bond motifs is 4. The molecule has 3 fully saturated rings. The van der Waals surface area contributed by atoms with Gasteiger partial charge >= 0.3 is 12.1 Å². The molecule has 0 unspecified atom stereocenters. The van der Waals surface area contributed by atoms with Crippen molar-refractivity contribution in [1.29, 1.82) is 0 Å². The molecule has 0 aromatic carbocycles. The van der Waals surface area contributed by atoms with Crippen LogP contribution in [0.25, 0.3) is 5.52 Å². The summed E-state index contributed by atoms with van der Waals surface area (Å²) < 4.78 is 45.7. The van der Waals surface area contributed by atoms with E-state index in [1.165, 1.54) is 6.07 Å². The number of carbonyl (C=O) groups is 1. The van der Waals surface area contributed by atoms with Crippen molar-refractivity contribution < 1.29 is 22.7 Å². The van der Waals surface area contributed by atoms with E-state index < -0.39 is 11.9 Å². The number of alkyl halides is 3. The molecular formula is C18H20ClF3N4O2. The summed E-state index contributed by atoms with van der Waals surface area (Å²) in [5.74, 6) is 0.00946. The van der Waals surface area contributed by atoms with Crippen molar-refractivity contribution in [2.45, 2.75) is 44.8 Å². The minimum Gasteiger partial charge on any atom is -0.466 e. The largest absolute Gasteiger partial charge is 0.466 e. The minimum absolute atomic E-state index is 0.167. The standard InChI is InChI=1S/C18H20ClF3N4O2/c1-2-28-16(27)13-9-3-5-10(6-4-9)14(13)23-15-11-7-8-12(18(20,21)22)26(11)25-17(19)24-15/h7-10,13-14H,2-6H2,1H3,(H,23,24,25)/t9-,10+,13-,14-/m0/s1. The summed E-state index contributed by atoms with van der Waals surface area (Å²) in [6.07, 6.45) is -0.742. The first-order valence-corrected chi connectivity index (χ1v) is 9.73. The number of rotatable bonds is 4. The predicted octanol–water partition coefficient (Wildman–Crippen LogP) is 4.18. The number of anilines is 1. The molecule has 152 valence electrons. The highest BCUT2D eigenvalue weighted by Gasteiger charge is 2.48. The third kappa shape index (κ3) is 3.29. The second-order valence-electron chi connectivity index (χ2n) is 7.37. The van der Waals surface area contributed by atoms with Crippen molar-refractivity contribution in [3.63, 3.8) is 0 Å². The Balaban J connectivity index is 1.72. The van der Waals surface area contributed by atoms with Crippen LogP contribution in [0.5, 0.6) is 0 Å². The van der Waals surface area contributed by atoms with Gasteiger partial charge in [-0.1, -0.05) is 0 Å². The van der Waals surface area contributed by atoms with Crippen molar-refractivity contribution in [2.24, 2.45) is 17.8 Å². The first-order valence-electron chi connectivity index (χ1n) is 9.35. The molecule has 3 aliphatic carbocycles. The predicted molar refractivity (Wildman–Crippen MR) is 96.0 cm³/mol. The molecule has 0 radical (unpaired) electrons. The summed E-state index contributed by atoms with van der Waals surface area (Å²) >= 11 is 5.91. The van der Waals surface area contributed by atoms with Gasteiger partial charge in [0.05, 0.1) is 12.5 Å². The van der Waals surface area contributed by atoms with Gasteiger partial charge in [0.15, 0.2) is 5.82 Å². The lowest BCUT2D eigenvalue weighted by molar-refractivity contribution is -0.154. The Kier molecular flexibility index (Phi) is 4.89. The Labute approximate surface area is 164 Å². The SMILES string of the molecule is CCOC(=O)[C@H]1[C@H]2CC[C@H](CC2)[C@@H]1Nc1nc(Cl)nn2c(C(F)(F)F)ccc12. The van der Waals surface area contributed by atoms with Gasteiger partial charge in [-0.2, -0.15) is 18.2 Å². The van der Waals surface area contributed by atoms with Crippen LogP contribution in [0.3, 0.4) is 0 Å². The molecule has 0 amide bonds. The first-order chi connectivity index (χ1) is 13.3. The van der Waals surface area contributed by atoms with Gasteiger partial charge in [-0.15, -0.1) is 5.10 Å². The quantitative estimate of drug-likeness (QED) is 0.757.